The second kappa shape index (κ2) is 11.1. The third kappa shape index (κ3) is 5.08. The molecule has 0 spiro atoms. The quantitative estimate of drug-likeness (QED) is 0.335. The van der Waals surface area contributed by atoms with Gasteiger partial charge in [0.1, 0.15) is 18.4 Å². The zero-order chi connectivity index (χ0) is 27.8. The molecule has 0 radical (unpaired) electrons. The zero-order valence-electron chi connectivity index (χ0n) is 22.6. The highest BCUT2D eigenvalue weighted by molar-refractivity contribution is 7.99. The Labute approximate surface area is 231 Å². The van der Waals surface area contributed by atoms with E-state index in [1.165, 1.54) is 18.2 Å². The van der Waals surface area contributed by atoms with Crippen LogP contribution in [0.3, 0.4) is 0 Å². The van der Waals surface area contributed by atoms with Gasteiger partial charge in [0.2, 0.25) is 5.91 Å². The zero-order valence-corrected chi connectivity index (χ0v) is 23.5. The van der Waals surface area contributed by atoms with Gasteiger partial charge < -0.3 is 19.3 Å². The van der Waals surface area contributed by atoms with Crippen LogP contribution < -0.4 is 10.6 Å². The fourth-order valence-corrected chi connectivity index (χ4v) is 7.12. The first-order valence-corrected chi connectivity index (χ1v) is 14.0. The molecule has 0 aliphatic carbocycles. The molecule has 8 nitrogen and oxygen atoms in total. The number of amides is 1. The first-order valence-electron chi connectivity index (χ1n) is 13.0. The van der Waals surface area contributed by atoms with Crippen LogP contribution in [0.5, 0.6) is 0 Å². The standard InChI is InChI=1S/C29H33FN4O4S/c1-6-24(35)34-18(3)12-32(13-19(34)4)28-23-11-17(2)25(20-7-9-21(30)10-8-20)27-26(23)33(29(36)31-28)14-22(15-39-27)38-16-37-5/h6-11,18-19,22H,1,12-16H2,2-5H3/t18-,19+,22-/m1/s1. The fourth-order valence-electron chi connectivity index (χ4n) is 5.78. The van der Waals surface area contributed by atoms with E-state index in [9.17, 15) is 14.0 Å². The number of hydrogen-bond donors (Lipinski definition) is 0. The molecule has 2 aliphatic heterocycles. The van der Waals surface area contributed by atoms with Crippen LogP contribution in [0.4, 0.5) is 10.2 Å². The van der Waals surface area contributed by atoms with Crippen molar-refractivity contribution in [2.75, 3.05) is 37.6 Å². The molecule has 1 fully saturated rings. The van der Waals surface area contributed by atoms with Crippen LogP contribution in [-0.4, -0.2) is 71.3 Å². The van der Waals surface area contributed by atoms with Crippen molar-refractivity contribution in [2.24, 2.45) is 0 Å². The number of carbonyl (C=O) groups excluding carboxylic acids is 1. The summed E-state index contributed by atoms with van der Waals surface area (Å²) in [6.07, 6.45) is 1.09. The lowest BCUT2D eigenvalue weighted by atomic mass is 9.97. The average molecular weight is 553 g/mol. The summed E-state index contributed by atoms with van der Waals surface area (Å²) < 4.78 is 26.5. The third-order valence-electron chi connectivity index (χ3n) is 7.40. The molecule has 206 valence electrons. The number of rotatable bonds is 6. The molecule has 0 unspecified atom stereocenters. The molecule has 3 heterocycles. The summed E-state index contributed by atoms with van der Waals surface area (Å²) in [7, 11) is 1.57. The molecule has 0 bridgehead atoms. The minimum Gasteiger partial charge on any atom is -0.359 e. The van der Waals surface area contributed by atoms with E-state index in [4.69, 9.17) is 9.47 Å². The fraction of sp³-hybridized carbons (Fsp3) is 0.414. The van der Waals surface area contributed by atoms with Crippen molar-refractivity contribution in [1.82, 2.24) is 14.5 Å². The Morgan fingerprint density at radius 3 is 2.54 bits per heavy atom. The van der Waals surface area contributed by atoms with Gasteiger partial charge in [-0.3, -0.25) is 9.36 Å². The summed E-state index contributed by atoms with van der Waals surface area (Å²) in [4.78, 5) is 35.6. The van der Waals surface area contributed by atoms with E-state index in [1.54, 1.807) is 35.6 Å². The molecule has 1 amide bonds. The Balaban J connectivity index is 1.70. The number of benzene rings is 2. The van der Waals surface area contributed by atoms with Gasteiger partial charge in [-0.15, -0.1) is 11.8 Å². The van der Waals surface area contributed by atoms with Gasteiger partial charge in [0.05, 0.1) is 18.2 Å². The molecule has 1 saturated heterocycles. The van der Waals surface area contributed by atoms with Gasteiger partial charge in [-0.1, -0.05) is 18.7 Å². The van der Waals surface area contributed by atoms with E-state index in [2.05, 4.69) is 22.5 Å². The van der Waals surface area contributed by atoms with Gasteiger partial charge in [-0.05, 0) is 56.2 Å². The molecule has 39 heavy (non-hydrogen) atoms. The molecular weight excluding hydrogens is 519 g/mol. The maximum atomic E-state index is 13.8. The van der Waals surface area contributed by atoms with Crippen LogP contribution >= 0.6 is 11.8 Å². The highest BCUT2D eigenvalue weighted by atomic mass is 32.2. The summed E-state index contributed by atoms with van der Waals surface area (Å²) in [5, 5.41) is 0.871. The maximum Gasteiger partial charge on any atom is 0.350 e. The van der Waals surface area contributed by atoms with Crippen molar-refractivity contribution in [1.29, 1.82) is 0 Å². The smallest absolute Gasteiger partial charge is 0.350 e. The highest BCUT2D eigenvalue weighted by Gasteiger charge is 2.34. The lowest BCUT2D eigenvalue weighted by Crippen LogP contribution is -2.58. The third-order valence-corrected chi connectivity index (χ3v) is 8.62. The van der Waals surface area contributed by atoms with Crippen LogP contribution in [0.2, 0.25) is 0 Å². The minimum absolute atomic E-state index is 0.0885. The molecule has 0 N–H and O–H groups in total. The second-order valence-corrected chi connectivity index (χ2v) is 11.2. The van der Waals surface area contributed by atoms with Crippen LogP contribution in [-0.2, 0) is 20.8 Å². The molecule has 2 aliphatic rings. The van der Waals surface area contributed by atoms with Crippen molar-refractivity contribution in [3.05, 3.63) is 64.9 Å². The van der Waals surface area contributed by atoms with Crippen molar-refractivity contribution in [3.63, 3.8) is 0 Å². The normalized spacial score (nSPS) is 21.2. The molecule has 3 aromatic rings. The van der Waals surface area contributed by atoms with E-state index in [0.717, 1.165) is 32.5 Å². The molecule has 10 heteroatoms. The van der Waals surface area contributed by atoms with Crippen LogP contribution in [0, 0.1) is 12.7 Å². The van der Waals surface area contributed by atoms with Gasteiger partial charge in [0, 0.05) is 53.9 Å². The molecule has 1 aromatic heterocycles. The van der Waals surface area contributed by atoms with Crippen LogP contribution in [0.15, 0.2) is 52.7 Å². The van der Waals surface area contributed by atoms with E-state index in [-0.39, 0.29) is 42.4 Å². The number of methoxy groups -OCH3 is 1. The Morgan fingerprint density at radius 1 is 1.21 bits per heavy atom. The monoisotopic (exact) mass is 552 g/mol. The molecule has 3 atom stereocenters. The van der Waals surface area contributed by atoms with Crippen LogP contribution in [0.25, 0.3) is 22.0 Å². The first kappa shape index (κ1) is 27.4. The summed E-state index contributed by atoms with van der Waals surface area (Å²) in [5.41, 5.74) is 3.29. The highest BCUT2D eigenvalue weighted by Crippen LogP contribution is 2.43. The lowest BCUT2D eigenvalue weighted by molar-refractivity contribution is -0.130. The number of thioether (sulfide) groups is 1. The van der Waals surface area contributed by atoms with Gasteiger partial charge in [-0.25, -0.2) is 9.18 Å². The number of anilines is 1. The number of ether oxygens (including phenoxy) is 2. The Hall–Kier alpha value is -3.21. The SMILES string of the molecule is C=CC(=O)N1[C@H](C)CN(c2nc(=O)n3c4c(c(-c5ccc(F)cc5)c(C)cc24)SC[C@H](OCOC)C3)C[C@@H]1C. The average Bonchev–Trinajstić information content (AvgIpc) is 3.10. The minimum atomic E-state index is -0.355. The summed E-state index contributed by atoms with van der Waals surface area (Å²) >= 11 is 1.63. The van der Waals surface area contributed by atoms with Crippen LogP contribution in [0.1, 0.15) is 19.4 Å². The maximum absolute atomic E-state index is 13.8. The number of piperazine rings is 1. The topological polar surface area (TPSA) is 76.9 Å². The molecule has 5 rings (SSSR count). The summed E-state index contributed by atoms with van der Waals surface area (Å²) in [6, 6.07) is 8.35. The number of aromatic nitrogens is 2. The van der Waals surface area contributed by atoms with Crippen molar-refractivity contribution in [3.8, 4) is 11.1 Å². The lowest BCUT2D eigenvalue weighted by Gasteiger charge is -2.44. The number of aryl methyl sites for hydroxylation is 1. The first-order chi connectivity index (χ1) is 18.7. The summed E-state index contributed by atoms with van der Waals surface area (Å²) in [5.74, 6) is 0.824. The number of halogens is 1. The predicted octanol–water partition coefficient (Wildman–Crippen LogP) is 4.22. The van der Waals surface area contributed by atoms with Crippen molar-refractivity contribution >= 4 is 34.4 Å². The number of carbonyl (C=O) groups is 1. The number of hydrogen-bond acceptors (Lipinski definition) is 7. The van der Waals surface area contributed by atoms with Gasteiger partial charge in [-0.2, -0.15) is 4.98 Å². The Bertz CT molecular complexity index is 1460. The van der Waals surface area contributed by atoms with Gasteiger partial charge in [0.15, 0.2) is 0 Å². The van der Waals surface area contributed by atoms with E-state index < -0.39 is 0 Å². The van der Waals surface area contributed by atoms with Crippen molar-refractivity contribution < 1.29 is 18.7 Å². The molecule has 2 aromatic carbocycles. The predicted molar refractivity (Wildman–Crippen MR) is 152 cm³/mol. The molecular formula is C29H33FN4O4S. The van der Waals surface area contributed by atoms with Gasteiger partial charge in [0.25, 0.3) is 0 Å². The van der Waals surface area contributed by atoms with Gasteiger partial charge >= 0.3 is 5.69 Å². The van der Waals surface area contributed by atoms with E-state index >= 15 is 0 Å². The number of nitrogens with zero attached hydrogens (tertiary/aromatic N) is 4. The van der Waals surface area contributed by atoms with Crippen molar-refractivity contribution in [2.45, 2.75) is 50.4 Å². The molecule has 0 saturated carbocycles. The second-order valence-electron chi connectivity index (χ2n) is 10.2. The Morgan fingerprint density at radius 2 is 1.90 bits per heavy atom. The summed E-state index contributed by atoms with van der Waals surface area (Å²) in [6.45, 7) is 11.2. The van der Waals surface area contributed by atoms with E-state index in [1.807, 2.05) is 25.7 Å². The van der Waals surface area contributed by atoms with E-state index in [0.29, 0.717) is 31.2 Å². The largest absolute Gasteiger partial charge is 0.359 e. The Kier molecular flexibility index (Phi) is 7.80.